The highest BCUT2D eigenvalue weighted by atomic mass is 16.6. The van der Waals surface area contributed by atoms with Crippen molar-refractivity contribution in [1.82, 2.24) is 40.8 Å². The lowest BCUT2D eigenvalue weighted by Crippen LogP contribution is -2.63. The van der Waals surface area contributed by atoms with Gasteiger partial charge < -0.3 is 0 Å². The molecule has 0 saturated heterocycles. The number of hydrazine groups is 1. The number of hydrogen-bond donors (Lipinski definition) is 2. The molecule has 0 spiro atoms. The third-order valence-corrected chi connectivity index (χ3v) is 7.32. The second-order valence-electron chi connectivity index (χ2n) is 9.71. The summed E-state index contributed by atoms with van der Waals surface area (Å²) in [6.07, 6.45) is 9.10. The summed E-state index contributed by atoms with van der Waals surface area (Å²) >= 11 is 0. The van der Waals surface area contributed by atoms with Gasteiger partial charge in [-0.3, -0.25) is 35.2 Å². The second-order valence-corrected chi connectivity index (χ2v) is 9.71. The van der Waals surface area contributed by atoms with E-state index in [0.717, 1.165) is 38.3 Å². The highest BCUT2D eigenvalue weighted by Crippen LogP contribution is 2.63. The van der Waals surface area contributed by atoms with Crippen LogP contribution in [0.1, 0.15) is 45.4 Å². The van der Waals surface area contributed by atoms with Crippen LogP contribution in [0.4, 0.5) is 5.69 Å². The van der Waals surface area contributed by atoms with Gasteiger partial charge in [0.15, 0.2) is 6.33 Å². The molecule has 2 aromatic rings. The predicted octanol–water partition coefficient (Wildman–Crippen LogP) is 0.557. The van der Waals surface area contributed by atoms with Crippen molar-refractivity contribution >= 4 is 17.5 Å². The maximum atomic E-state index is 13.3. The quantitative estimate of drug-likeness (QED) is 0.483. The van der Waals surface area contributed by atoms with Gasteiger partial charge in [-0.25, -0.2) is 0 Å². The topological polar surface area (TPSA) is 163 Å². The molecule has 2 N–H and O–H groups in total. The zero-order chi connectivity index (χ0) is 22.5. The van der Waals surface area contributed by atoms with E-state index < -0.39 is 16.3 Å². The van der Waals surface area contributed by atoms with Crippen molar-refractivity contribution < 1.29 is 14.5 Å². The van der Waals surface area contributed by atoms with Crippen LogP contribution in [0.15, 0.2) is 18.7 Å². The van der Waals surface area contributed by atoms with Crippen LogP contribution in [0.3, 0.4) is 0 Å². The van der Waals surface area contributed by atoms with Crippen molar-refractivity contribution in [2.75, 3.05) is 0 Å². The Morgan fingerprint density at radius 3 is 2.62 bits per heavy atom. The van der Waals surface area contributed by atoms with Crippen LogP contribution in [0, 0.1) is 33.3 Å². The first kappa shape index (κ1) is 20.5. The highest BCUT2D eigenvalue weighted by molar-refractivity contribution is 5.87. The summed E-state index contributed by atoms with van der Waals surface area (Å²) in [6.45, 7) is 1.83. The van der Waals surface area contributed by atoms with Crippen molar-refractivity contribution in [1.29, 1.82) is 0 Å². The zero-order valence-electron chi connectivity index (χ0n) is 17.7. The lowest BCUT2D eigenvalue weighted by molar-refractivity contribution is -0.385. The molecule has 4 bridgehead atoms. The van der Waals surface area contributed by atoms with Crippen LogP contribution in [-0.2, 0) is 21.7 Å². The highest BCUT2D eigenvalue weighted by Gasteiger charge is 2.62. The summed E-state index contributed by atoms with van der Waals surface area (Å²) < 4.78 is 1.35. The van der Waals surface area contributed by atoms with Gasteiger partial charge >= 0.3 is 5.69 Å². The molecule has 13 heteroatoms. The Bertz CT molecular complexity index is 1040. The fraction of sp³-hybridized carbons (Fsp3) is 0.684. The Morgan fingerprint density at radius 2 is 2.00 bits per heavy atom. The summed E-state index contributed by atoms with van der Waals surface area (Å²) in [5.41, 5.74) is 4.21. The molecule has 13 nitrogen and oxygen atoms in total. The summed E-state index contributed by atoms with van der Waals surface area (Å²) in [4.78, 5) is 37.8. The zero-order valence-corrected chi connectivity index (χ0v) is 17.7. The Kier molecular flexibility index (Phi) is 4.71. The summed E-state index contributed by atoms with van der Waals surface area (Å²) in [7, 11) is 0. The number of amides is 2. The third kappa shape index (κ3) is 3.41. The summed E-state index contributed by atoms with van der Waals surface area (Å²) in [5.74, 6) is -0.242. The first-order chi connectivity index (χ1) is 15.3. The van der Waals surface area contributed by atoms with Gasteiger partial charge in [-0.05, 0) is 55.6 Å². The van der Waals surface area contributed by atoms with Crippen molar-refractivity contribution in [2.24, 2.45) is 23.2 Å². The summed E-state index contributed by atoms with van der Waals surface area (Å²) in [6, 6.07) is 0. The van der Waals surface area contributed by atoms with Gasteiger partial charge in [0.25, 0.3) is 0 Å². The molecule has 0 aliphatic heterocycles. The molecular weight excluding hydrogens is 418 g/mol. The first-order valence-electron chi connectivity index (χ1n) is 10.8. The molecule has 4 aliphatic carbocycles. The van der Waals surface area contributed by atoms with E-state index in [9.17, 15) is 19.7 Å². The molecule has 0 aromatic carbocycles. The number of nitro groups is 1. The fourth-order valence-electron chi connectivity index (χ4n) is 6.38. The Hall–Kier alpha value is -3.38. The van der Waals surface area contributed by atoms with Gasteiger partial charge in [0, 0.05) is 0 Å². The van der Waals surface area contributed by atoms with Crippen molar-refractivity contribution in [3.05, 3.63) is 28.8 Å². The van der Waals surface area contributed by atoms with Crippen LogP contribution in [-0.4, -0.2) is 46.7 Å². The van der Waals surface area contributed by atoms with E-state index in [-0.39, 0.29) is 29.6 Å². The fourth-order valence-corrected chi connectivity index (χ4v) is 6.38. The molecule has 32 heavy (non-hydrogen) atoms. The van der Waals surface area contributed by atoms with Gasteiger partial charge in [-0.15, -0.1) is 10.2 Å². The molecule has 5 atom stereocenters. The molecule has 4 aliphatic rings. The van der Waals surface area contributed by atoms with Gasteiger partial charge in [0.2, 0.25) is 11.8 Å². The van der Waals surface area contributed by atoms with E-state index in [4.69, 9.17) is 0 Å². The number of hydrogen-bond acceptors (Lipinski definition) is 8. The summed E-state index contributed by atoms with van der Waals surface area (Å²) in [5, 5.41) is 27.0. The number of aromatic nitrogens is 6. The van der Waals surface area contributed by atoms with E-state index in [1.165, 1.54) is 17.2 Å². The first-order valence-corrected chi connectivity index (χ1v) is 10.8. The van der Waals surface area contributed by atoms with E-state index in [1.54, 1.807) is 11.7 Å². The van der Waals surface area contributed by atoms with Crippen LogP contribution >= 0.6 is 0 Å². The molecule has 4 fully saturated rings. The molecule has 6 rings (SSSR count). The molecule has 0 radical (unpaired) electrons. The number of nitrogens with one attached hydrogen (secondary N) is 2. The second kappa shape index (κ2) is 7.35. The van der Waals surface area contributed by atoms with Crippen LogP contribution in [0.5, 0.6) is 0 Å². The number of carbonyl (C=O) groups excluding carboxylic acids is 2. The van der Waals surface area contributed by atoms with E-state index in [2.05, 4.69) is 31.4 Å². The third-order valence-electron chi connectivity index (χ3n) is 7.32. The minimum absolute atomic E-state index is 0.136. The largest absolute Gasteiger partial charge is 0.306 e. The number of carbonyl (C=O) groups is 2. The number of nitrogens with zero attached hydrogens (tertiary/aromatic N) is 7. The molecular formula is C19H25N9O4. The van der Waals surface area contributed by atoms with Gasteiger partial charge in [0.1, 0.15) is 12.4 Å². The number of tetrazole rings is 1. The van der Waals surface area contributed by atoms with Crippen LogP contribution < -0.4 is 10.9 Å². The van der Waals surface area contributed by atoms with Crippen molar-refractivity contribution in [2.45, 2.75) is 57.5 Å². The Morgan fingerprint density at radius 1 is 1.25 bits per heavy atom. The average molecular weight is 443 g/mol. The molecule has 4 saturated carbocycles. The monoisotopic (exact) mass is 443 g/mol. The van der Waals surface area contributed by atoms with Gasteiger partial charge in [-0.2, -0.15) is 9.90 Å². The van der Waals surface area contributed by atoms with E-state index >= 15 is 0 Å². The minimum Gasteiger partial charge on any atom is -0.273 e. The Balaban J connectivity index is 1.23. The van der Waals surface area contributed by atoms with Crippen LogP contribution in [0.2, 0.25) is 0 Å². The van der Waals surface area contributed by atoms with E-state index in [0.29, 0.717) is 18.3 Å². The van der Waals surface area contributed by atoms with Gasteiger partial charge in [0.05, 0.1) is 28.3 Å². The molecule has 170 valence electrons. The van der Waals surface area contributed by atoms with Crippen molar-refractivity contribution in [3.63, 3.8) is 0 Å². The average Bonchev–Trinajstić information content (AvgIpc) is 3.43. The lowest BCUT2D eigenvalue weighted by Gasteiger charge is -2.60. The normalized spacial score (nSPS) is 31.3. The Labute approximate surface area is 183 Å². The standard InChI is InChI=1S/C19H25N9O4/c1-12(8-26-9-15(7-21-26)27(31)32)16(29)23-24-17(30)18-3-13-2-14(4-18)6-19(5-13,10-18)28-22-11-20-25-28/h7,9,11-14H,2-6,8,10H2,1H3,(H,23,29)(H,24,30)/t12-,13-,14+,18?,19?/m1/s1. The maximum Gasteiger partial charge on any atom is 0.306 e. The molecule has 2 heterocycles. The molecule has 2 aromatic heterocycles. The molecule has 2 amide bonds. The SMILES string of the molecule is C[C@H](Cn1cc([N+](=O)[O-])cn1)C(=O)NNC(=O)C12C[C@H]3C[C@@H](C1)CC(n1ncnn1)(C3)C2. The van der Waals surface area contributed by atoms with Gasteiger partial charge in [-0.1, -0.05) is 6.92 Å². The predicted molar refractivity (Wildman–Crippen MR) is 107 cm³/mol. The number of rotatable bonds is 6. The molecule has 2 unspecified atom stereocenters. The smallest absolute Gasteiger partial charge is 0.273 e. The maximum absolute atomic E-state index is 13.3. The lowest BCUT2D eigenvalue weighted by atomic mass is 9.46. The minimum atomic E-state index is -0.559. The van der Waals surface area contributed by atoms with Crippen LogP contribution in [0.25, 0.3) is 0 Å². The van der Waals surface area contributed by atoms with Crippen molar-refractivity contribution in [3.8, 4) is 0 Å². The van der Waals surface area contributed by atoms with E-state index in [1.807, 2.05) is 0 Å².